The SMILES string of the molecule is Nc1nccc(Sc2cnc(N3CCC4(CC3)Cc3ccc(Cl)cc3[C@H]4N)c(CO)n2)c1Cl. The van der Waals surface area contributed by atoms with Crippen LogP contribution in [0.15, 0.2) is 46.6 Å². The highest BCUT2D eigenvalue weighted by Crippen LogP contribution is 2.51. The van der Waals surface area contributed by atoms with E-state index in [0.717, 1.165) is 42.3 Å². The number of nitrogen functional groups attached to an aromatic ring is 1. The molecule has 0 saturated carbocycles. The molecule has 172 valence electrons. The van der Waals surface area contributed by atoms with Crippen LogP contribution in [0.4, 0.5) is 11.6 Å². The third kappa shape index (κ3) is 4.15. The number of aromatic nitrogens is 3. The average molecular weight is 503 g/mol. The normalized spacial score (nSPS) is 19.2. The number of hydrogen-bond acceptors (Lipinski definition) is 8. The van der Waals surface area contributed by atoms with Gasteiger partial charge in [-0.1, -0.05) is 41.0 Å². The van der Waals surface area contributed by atoms with Gasteiger partial charge in [0.15, 0.2) is 5.82 Å². The number of benzene rings is 1. The maximum absolute atomic E-state index is 10.0. The number of anilines is 2. The molecule has 7 nitrogen and oxygen atoms in total. The van der Waals surface area contributed by atoms with E-state index in [1.165, 1.54) is 22.9 Å². The van der Waals surface area contributed by atoms with Gasteiger partial charge in [-0.3, -0.25) is 0 Å². The van der Waals surface area contributed by atoms with Gasteiger partial charge in [0.2, 0.25) is 0 Å². The van der Waals surface area contributed by atoms with E-state index in [2.05, 4.69) is 25.9 Å². The summed E-state index contributed by atoms with van der Waals surface area (Å²) in [5, 5.41) is 11.8. The smallest absolute Gasteiger partial charge is 0.152 e. The number of nitrogens with two attached hydrogens (primary N) is 2. The van der Waals surface area contributed by atoms with Gasteiger partial charge in [-0.25, -0.2) is 15.0 Å². The fourth-order valence-electron chi connectivity index (χ4n) is 4.94. The Balaban J connectivity index is 1.32. The van der Waals surface area contributed by atoms with Gasteiger partial charge in [0.1, 0.15) is 16.5 Å². The first-order valence-electron chi connectivity index (χ1n) is 10.7. The third-order valence-electron chi connectivity index (χ3n) is 6.75. The summed E-state index contributed by atoms with van der Waals surface area (Å²) in [6.45, 7) is 1.40. The number of fused-ring (bicyclic) bond motifs is 1. The molecule has 1 atom stereocenters. The Morgan fingerprint density at radius 2 is 1.97 bits per heavy atom. The van der Waals surface area contributed by atoms with Gasteiger partial charge in [0, 0.05) is 35.2 Å². The summed E-state index contributed by atoms with van der Waals surface area (Å²) in [6, 6.07) is 7.81. The topological polar surface area (TPSA) is 114 Å². The predicted octanol–water partition coefficient (Wildman–Crippen LogP) is 4.25. The van der Waals surface area contributed by atoms with E-state index < -0.39 is 0 Å². The standard InChI is InChI=1S/C23H24Cl2N6OS/c24-14-2-1-13-10-23(20(26)15(13)9-14)4-7-31(8-5-23)22-16(12-32)30-18(11-29-22)33-17-3-6-28-21(27)19(17)25/h1-3,6,9,11,20,32H,4-5,7-8,10,12,26H2,(H2,27,28)/t20-/m1/s1. The van der Waals surface area contributed by atoms with E-state index in [9.17, 15) is 5.11 Å². The molecule has 0 bridgehead atoms. The molecule has 0 unspecified atom stereocenters. The van der Waals surface area contributed by atoms with Crippen LogP contribution in [0, 0.1) is 5.41 Å². The molecule has 10 heteroatoms. The first-order chi connectivity index (χ1) is 15.9. The minimum Gasteiger partial charge on any atom is -0.390 e. The molecule has 2 aliphatic rings. The van der Waals surface area contributed by atoms with Gasteiger partial charge in [-0.15, -0.1) is 0 Å². The van der Waals surface area contributed by atoms with E-state index in [-0.39, 0.29) is 23.9 Å². The zero-order valence-corrected chi connectivity index (χ0v) is 20.2. The lowest BCUT2D eigenvalue weighted by molar-refractivity contribution is 0.186. The Hall–Kier alpha value is -2.10. The number of pyridine rings is 1. The first kappa shape index (κ1) is 22.7. The van der Waals surface area contributed by atoms with Gasteiger partial charge in [-0.05, 0) is 54.0 Å². The highest BCUT2D eigenvalue weighted by molar-refractivity contribution is 7.99. The summed E-state index contributed by atoms with van der Waals surface area (Å²) in [5.41, 5.74) is 15.5. The highest BCUT2D eigenvalue weighted by atomic mass is 35.5. The molecule has 1 fully saturated rings. The van der Waals surface area contributed by atoms with E-state index in [1.807, 2.05) is 12.1 Å². The molecular weight excluding hydrogens is 479 g/mol. The van der Waals surface area contributed by atoms with Crippen molar-refractivity contribution in [2.24, 2.45) is 11.1 Å². The van der Waals surface area contributed by atoms with Gasteiger partial charge >= 0.3 is 0 Å². The summed E-state index contributed by atoms with van der Waals surface area (Å²) in [5.74, 6) is 0.981. The molecule has 1 aliphatic carbocycles. The zero-order valence-electron chi connectivity index (χ0n) is 17.8. The molecular formula is C23H24Cl2N6OS. The quantitative estimate of drug-likeness (QED) is 0.484. The monoisotopic (exact) mass is 502 g/mol. The van der Waals surface area contributed by atoms with Crippen LogP contribution in [0.25, 0.3) is 0 Å². The van der Waals surface area contributed by atoms with Crippen molar-refractivity contribution >= 4 is 46.6 Å². The van der Waals surface area contributed by atoms with Gasteiger partial charge in [-0.2, -0.15) is 0 Å². The average Bonchev–Trinajstić information content (AvgIpc) is 3.08. The van der Waals surface area contributed by atoms with E-state index in [0.29, 0.717) is 21.6 Å². The van der Waals surface area contributed by atoms with Crippen LogP contribution >= 0.6 is 35.0 Å². The summed E-state index contributed by atoms with van der Waals surface area (Å²) in [6.07, 6.45) is 6.15. The minimum absolute atomic E-state index is 0.0203. The summed E-state index contributed by atoms with van der Waals surface area (Å²) >= 11 is 13.8. The molecule has 3 aromatic rings. The van der Waals surface area contributed by atoms with E-state index in [4.69, 9.17) is 34.7 Å². The van der Waals surface area contributed by atoms with Crippen molar-refractivity contribution in [1.29, 1.82) is 0 Å². The van der Waals surface area contributed by atoms with Crippen molar-refractivity contribution in [3.05, 3.63) is 63.5 Å². The van der Waals surface area contributed by atoms with Crippen molar-refractivity contribution < 1.29 is 5.11 Å². The number of nitrogens with zero attached hydrogens (tertiary/aromatic N) is 4. The first-order valence-corrected chi connectivity index (χ1v) is 12.3. The second kappa shape index (κ2) is 8.92. The number of aliphatic hydroxyl groups is 1. The number of aliphatic hydroxyl groups excluding tert-OH is 1. The molecule has 5 rings (SSSR count). The van der Waals surface area contributed by atoms with Crippen LogP contribution in [0.3, 0.4) is 0 Å². The summed E-state index contributed by atoms with van der Waals surface area (Å²) < 4.78 is 0. The molecule has 0 radical (unpaired) electrons. The molecule has 0 amide bonds. The maximum atomic E-state index is 10.0. The van der Waals surface area contributed by atoms with Crippen LogP contribution in [-0.4, -0.2) is 33.1 Å². The predicted molar refractivity (Wildman–Crippen MR) is 132 cm³/mol. The molecule has 1 aromatic carbocycles. The fraction of sp³-hybridized carbons (Fsp3) is 0.348. The van der Waals surface area contributed by atoms with E-state index >= 15 is 0 Å². The Morgan fingerprint density at radius 3 is 2.73 bits per heavy atom. The zero-order chi connectivity index (χ0) is 23.2. The third-order valence-corrected chi connectivity index (χ3v) is 8.46. The molecule has 33 heavy (non-hydrogen) atoms. The van der Waals surface area contributed by atoms with Crippen LogP contribution in [0.5, 0.6) is 0 Å². The molecule has 1 aliphatic heterocycles. The largest absolute Gasteiger partial charge is 0.390 e. The lowest BCUT2D eigenvalue weighted by Crippen LogP contribution is -2.45. The highest BCUT2D eigenvalue weighted by Gasteiger charge is 2.46. The van der Waals surface area contributed by atoms with Crippen molar-refractivity contribution in [2.75, 3.05) is 23.7 Å². The Kier molecular flexibility index (Phi) is 6.13. The second-order valence-corrected chi connectivity index (χ2v) is 10.5. The van der Waals surface area contributed by atoms with Crippen LogP contribution < -0.4 is 16.4 Å². The van der Waals surface area contributed by atoms with Crippen LogP contribution in [0.2, 0.25) is 10.0 Å². The molecule has 3 heterocycles. The summed E-state index contributed by atoms with van der Waals surface area (Å²) in [7, 11) is 0. The number of halogens is 2. The minimum atomic E-state index is -0.200. The lowest BCUT2D eigenvalue weighted by Gasteiger charge is -2.42. The second-order valence-electron chi connectivity index (χ2n) is 8.59. The van der Waals surface area contributed by atoms with Crippen LogP contribution in [0.1, 0.15) is 35.7 Å². The van der Waals surface area contributed by atoms with Gasteiger partial charge in [0.25, 0.3) is 0 Å². The number of rotatable bonds is 4. The molecule has 1 spiro atoms. The maximum Gasteiger partial charge on any atom is 0.152 e. The van der Waals surface area contributed by atoms with Gasteiger partial charge < -0.3 is 21.5 Å². The van der Waals surface area contributed by atoms with Crippen molar-refractivity contribution in [3.63, 3.8) is 0 Å². The molecule has 1 saturated heterocycles. The van der Waals surface area contributed by atoms with Crippen molar-refractivity contribution in [1.82, 2.24) is 15.0 Å². The summed E-state index contributed by atoms with van der Waals surface area (Å²) in [4.78, 5) is 16.2. The number of hydrogen-bond donors (Lipinski definition) is 3. The fourth-order valence-corrected chi connectivity index (χ4v) is 6.16. The molecule has 5 N–H and O–H groups in total. The van der Waals surface area contributed by atoms with Crippen molar-refractivity contribution in [2.45, 2.75) is 41.8 Å². The Bertz CT molecular complexity index is 1200. The van der Waals surface area contributed by atoms with Gasteiger partial charge in [0.05, 0.1) is 17.8 Å². The Morgan fingerprint density at radius 1 is 1.18 bits per heavy atom. The van der Waals surface area contributed by atoms with E-state index in [1.54, 1.807) is 18.5 Å². The lowest BCUT2D eigenvalue weighted by atomic mass is 9.73. The van der Waals surface area contributed by atoms with Crippen LogP contribution in [-0.2, 0) is 13.0 Å². The Labute approximate surface area is 206 Å². The van der Waals surface area contributed by atoms with Crippen molar-refractivity contribution in [3.8, 4) is 0 Å². The number of piperidine rings is 1. The molecule has 2 aromatic heterocycles.